The Labute approximate surface area is 105 Å². The van der Waals surface area contributed by atoms with Crippen molar-refractivity contribution in [2.45, 2.75) is 30.8 Å². The van der Waals surface area contributed by atoms with E-state index in [1.165, 1.54) is 7.11 Å². The standard InChI is InChI=1S/C11H18O3S2/c1-4-8(11(13)14-3)9(12)10-7(2)15-5-6-16-10/h7-8,10H,4-6H2,1-3H3. The van der Waals surface area contributed by atoms with Crippen LogP contribution >= 0.6 is 23.5 Å². The van der Waals surface area contributed by atoms with Crippen LogP contribution in [-0.4, -0.2) is 40.9 Å². The maximum absolute atomic E-state index is 12.2. The van der Waals surface area contributed by atoms with Crippen LogP contribution in [0.15, 0.2) is 0 Å². The van der Waals surface area contributed by atoms with Gasteiger partial charge in [0.2, 0.25) is 0 Å². The van der Waals surface area contributed by atoms with Crippen LogP contribution in [-0.2, 0) is 14.3 Å². The van der Waals surface area contributed by atoms with Crippen molar-refractivity contribution in [2.75, 3.05) is 18.6 Å². The van der Waals surface area contributed by atoms with Gasteiger partial charge in [0, 0.05) is 16.8 Å². The normalized spacial score (nSPS) is 27.2. The summed E-state index contributed by atoms with van der Waals surface area (Å²) < 4.78 is 4.67. The molecule has 3 unspecified atom stereocenters. The van der Waals surface area contributed by atoms with Crippen LogP contribution in [0.3, 0.4) is 0 Å². The zero-order valence-electron chi connectivity index (χ0n) is 9.89. The largest absolute Gasteiger partial charge is 0.468 e. The van der Waals surface area contributed by atoms with Gasteiger partial charge in [0.15, 0.2) is 5.78 Å². The summed E-state index contributed by atoms with van der Waals surface area (Å²) in [5.41, 5.74) is 0. The highest BCUT2D eigenvalue weighted by Crippen LogP contribution is 2.33. The molecule has 0 amide bonds. The summed E-state index contributed by atoms with van der Waals surface area (Å²) in [7, 11) is 1.34. The smallest absolute Gasteiger partial charge is 0.316 e. The molecule has 1 saturated heterocycles. The van der Waals surface area contributed by atoms with E-state index in [2.05, 4.69) is 11.7 Å². The monoisotopic (exact) mass is 262 g/mol. The molecule has 92 valence electrons. The van der Waals surface area contributed by atoms with Crippen LogP contribution in [0.1, 0.15) is 20.3 Å². The lowest BCUT2D eigenvalue weighted by atomic mass is 9.97. The van der Waals surface area contributed by atoms with Crippen molar-refractivity contribution in [3.63, 3.8) is 0 Å². The van der Waals surface area contributed by atoms with Crippen LogP contribution in [0.4, 0.5) is 0 Å². The van der Waals surface area contributed by atoms with E-state index in [0.29, 0.717) is 11.7 Å². The van der Waals surface area contributed by atoms with Gasteiger partial charge in [-0.25, -0.2) is 0 Å². The average molecular weight is 262 g/mol. The van der Waals surface area contributed by atoms with Gasteiger partial charge < -0.3 is 4.74 Å². The fraction of sp³-hybridized carbons (Fsp3) is 0.818. The molecule has 1 heterocycles. The second-order valence-electron chi connectivity index (χ2n) is 3.75. The van der Waals surface area contributed by atoms with Gasteiger partial charge in [0.1, 0.15) is 5.92 Å². The van der Waals surface area contributed by atoms with E-state index in [4.69, 9.17) is 0 Å². The number of carbonyl (C=O) groups excluding carboxylic acids is 2. The molecule has 0 saturated carbocycles. The number of esters is 1. The van der Waals surface area contributed by atoms with Crippen LogP contribution in [0.25, 0.3) is 0 Å². The number of ketones is 1. The van der Waals surface area contributed by atoms with Gasteiger partial charge >= 0.3 is 5.97 Å². The van der Waals surface area contributed by atoms with E-state index in [-0.39, 0.29) is 11.0 Å². The molecule has 0 radical (unpaired) electrons. The fourth-order valence-electron chi connectivity index (χ4n) is 1.77. The Morgan fingerprint density at radius 2 is 2.00 bits per heavy atom. The lowest BCUT2D eigenvalue weighted by Gasteiger charge is -2.28. The quantitative estimate of drug-likeness (QED) is 0.572. The number of hydrogen-bond acceptors (Lipinski definition) is 5. The molecular formula is C11H18O3S2. The van der Waals surface area contributed by atoms with Crippen LogP contribution in [0.2, 0.25) is 0 Å². The van der Waals surface area contributed by atoms with Crippen molar-refractivity contribution in [3.05, 3.63) is 0 Å². The Hall–Kier alpha value is -0.160. The van der Waals surface area contributed by atoms with Gasteiger partial charge in [-0.3, -0.25) is 9.59 Å². The first-order valence-electron chi connectivity index (χ1n) is 5.46. The zero-order chi connectivity index (χ0) is 12.1. The lowest BCUT2D eigenvalue weighted by molar-refractivity contribution is -0.149. The summed E-state index contributed by atoms with van der Waals surface area (Å²) in [6.07, 6.45) is 0.528. The maximum Gasteiger partial charge on any atom is 0.316 e. The summed E-state index contributed by atoms with van der Waals surface area (Å²) in [6, 6.07) is 0. The molecule has 0 spiro atoms. The van der Waals surface area contributed by atoms with Gasteiger partial charge in [-0.15, -0.1) is 11.8 Å². The van der Waals surface area contributed by atoms with Gasteiger partial charge in [-0.2, -0.15) is 11.8 Å². The Balaban J connectivity index is 2.69. The van der Waals surface area contributed by atoms with Crippen molar-refractivity contribution in [1.29, 1.82) is 0 Å². The van der Waals surface area contributed by atoms with Crippen molar-refractivity contribution in [2.24, 2.45) is 5.92 Å². The molecule has 0 aromatic carbocycles. The topological polar surface area (TPSA) is 43.4 Å². The van der Waals surface area contributed by atoms with E-state index in [1.807, 2.05) is 18.7 Å². The van der Waals surface area contributed by atoms with Gasteiger partial charge in [-0.1, -0.05) is 13.8 Å². The minimum absolute atomic E-state index is 0.0408. The number of ether oxygens (including phenoxy) is 1. The molecule has 0 bridgehead atoms. The van der Waals surface area contributed by atoms with E-state index in [9.17, 15) is 9.59 Å². The van der Waals surface area contributed by atoms with Crippen molar-refractivity contribution in [3.8, 4) is 0 Å². The molecule has 0 aliphatic carbocycles. The summed E-state index contributed by atoms with van der Waals surface area (Å²) in [4.78, 5) is 23.7. The van der Waals surface area contributed by atoms with Crippen molar-refractivity contribution in [1.82, 2.24) is 0 Å². The van der Waals surface area contributed by atoms with Crippen LogP contribution in [0.5, 0.6) is 0 Å². The van der Waals surface area contributed by atoms with Crippen LogP contribution in [0, 0.1) is 5.92 Å². The molecule has 1 fully saturated rings. The Bertz CT molecular complexity index is 268. The molecule has 3 nitrogen and oxygen atoms in total. The van der Waals surface area contributed by atoms with E-state index < -0.39 is 11.9 Å². The molecule has 1 aliphatic rings. The third kappa shape index (κ3) is 3.17. The summed E-state index contributed by atoms with van der Waals surface area (Å²) in [5.74, 6) is 1.15. The number of Topliss-reactive ketones (excluding diaryl/α,β-unsaturated/α-hetero) is 1. The van der Waals surface area contributed by atoms with Gasteiger partial charge in [0.05, 0.1) is 12.4 Å². The summed E-state index contributed by atoms with van der Waals surface area (Å²) >= 11 is 3.48. The van der Waals surface area contributed by atoms with Crippen molar-refractivity contribution >= 4 is 35.3 Å². The highest BCUT2D eigenvalue weighted by molar-refractivity contribution is 8.07. The highest BCUT2D eigenvalue weighted by atomic mass is 32.2. The van der Waals surface area contributed by atoms with E-state index >= 15 is 0 Å². The molecule has 3 atom stereocenters. The first kappa shape index (κ1) is 13.9. The Kier molecular flexibility index (Phi) is 5.69. The van der Waals surface area contributed by atoms with Crippen molar-refractivity contribution < 1.29 is 14.3 Å². The molecule has 16 heavy (non-hydrogen) atoms. The molecule has 1 aliphatic heterocycles. The summed E-state index contributed by atoms with van der Waals surface area (Å²) in [5, 5.41) is 0.243. The Morgan fingerprint density at radius 1 is 1.38 bits per heavy atom. The predicted molar refractivity (Wildman–Crippen MR) is 69.0 cm³/mol. The number of carbonyl (C=O) groups is 2. The number of rotatable bonds is 4. The Morgan fingerprint density at radius 3 is 2.50 bits per heavy atom. The maximum atomic E-state index is 12.2. The highest BCUT2D eigenvalue weighted by Gasteiger charge is 2.36. The lowest BCUT2D eigenvalue weighted by Crippen LogP contribution is -2.38. The SMILES string of the molecule is CCC(C(=O)OC)C(=O)C1SCCSC1C. The van der Waals surface area contributed by atoms with Gasteiger partial charge in [-0.05, 0) is 6.42 Å². The second kappa shape index (κ2) is 6.55. The number of hydrogen-bond donors (Lipinski definition) is 0. The molecule has 1 rings (SSSR count). The number of methoxy groups -OCH3 is 1. The van der Waals surface area contributed by atoms with E-state index in [1.54, 1.807) is 11.8 Å². The predicted octanol–water partition coefficient (Wildman–Crippen LogP) is 1.99. The molecule has 0 N–H and O–H groups in total. The van der Waals surface area contributed by atoms with E-state index in [0.717, 1.165) is 11.5 Å². The minimum Gasteiger partial charge on any atom is -0.468 e. The summed E-state index contributed by atoms with van der Waals surface area (Å²) in [6.45, 7) is 3.91. The minimum atomic E-state index is -0.580. The molecular weight excluding hydrogens is 244 g/mol. The molecule has 0 aromatic heterocycles. The van der Waals surface area contributed by atoms with Crippen LogP contribution < -0.4 is 0 Å². The first-order valence-corrected chi connectivity index (χ1v) is 7.56. The fourth-order valence-corrected chi connectivity index (χ4v) is 4.55. The average Bonchev–Trinajstić information content (AvgIpc) is 2.30. The number of thioether (sulfide) groups is 2. The molecule has 0 aromatic rings. The third-order valence-electron chi connectivity index (χ3n) is 2.71. The zero-order valence-corrected chi connectivity index (χ0v) is 11.5. The first-order chi connectivity index (χ1) is 7.61. The third-order valence-corrected chi connectivity index (χ3v) is 5.81. The second-order valence-corrected chi connectivity index (χ2v) is 6.49. The molecule has 5 heteroatoms. The van der Waals surface area contributed by atoms with Gasteiger partial charge in [0.25, 0.3) is 0 Å².